The molecule has 2 heterocycles. The maximum atomic E-state index is 6.36. The van der Waals surface area contributed by atoms with Crippen molar-refractivity contribution >= 4 is 22.6 Å². The molecule has 110 valence electrons. The normalized spacial score (nSPS) is 13.0. The predicted molar refractivity (Wildman–Crippen MR) is 86.2 cm³/mol. The Morgan fingerprint density at radius 1 is 1.33 bits per heavy atom. The zero-order chi connectivity index (χ0) is 15.1. The number of benzene rings is 1. The molecule has 0 aliphatic rings. The molecule has 0 radical (unpaired) electrons. The van der Waals surface area contributed by atoms with Crippen LogP contribution < -0.4 is 0 Å². The molecular formula is C16H19ClN4. The lowest BCUT2D eigenvalue weighted by atomic mass is 10.2. The van der Waals surface area contributed by atoms with Gasteiger partial charge in [-0.3, -0.25) is 9.25 Å². The zero-order valence-corrected chi connectivity index (χ0v) is 13.5. The second kappa shape index (κ2) is 5.19. The van der Waals surface area contributed by atoms with Crippen LogP contribution in [0, 0.1) is 6.92 Å². The Labute approximate surface area is 129 Å². The SMILES string of the molecule is CCc1nn(C)cc1-n1c(C(C)Cl)nc2cc(C)ccc21. The summed E-state index contributed by atoms with van der Waals surface area (Å²) in [6, 6.07) is 6.30. The third-order valence-electron chi connectivity index (χ3n) is 3.65. The second-order valence-corrected chi connectivity index (χ2v) is 6.06. The molecule has 0 amide bonds. The average molecular weight is 303 g/mol. The van der Waals surface area contributed by atoms with Gasteiger partial charge < -0.3 is 0 Å². The molecule has 0 spiro atoms. The molecular weight excluding hydrogens is 284 g/mol. The summed E-state index contributed by atoms with van der Waals surface area (Å²) < 4.78 is 3.98. The Morgan fingerprint density at radius 3 is 2.76 bits per heavy atom. The molecule has 0 fully saturated rings. The lowest BCUT2D eigenvalue weighted by molar-refractivity contribution is 0.746. The van der Waals surface area contributed by atoms with Crippen LogP contribution in [0.2, 0.25) is 0 Å². The van der Waals surface area contributed by atoms with Gasteiger partial charge in [-0.05, 0) is 38.0 Å². The smallest absolute Gasteiger partial charge is 0.132 e. The Balaban J connectivity index is 2.36. The maximum absolute atomic E-state index is 6.36. The van der Waals surface area contributed by atoms with Gasteiger partial charge in [0.15, 0.2) is 0 Å². The Bertz CT molecular complexity index is 798. The number of halogens is 1. The van der Waals surface area contributed by atoms with Crippen molar-refractivity contribution in [3.63, 3.8) is 0 Å². The van der Waals surface area contributed by atoms with E-state index in [4.69, 9.17) is 16.6 Å². The van der Waals surface area contributed by atoms with Gasteiger partial charge >= 0.3 is 0 Å². The van der Waals surface area contributed by atoms with E-state index >= 15 is 0 Å². The van der Waals surface area contributed by atoms with Crippen molar-refractivity contribution in [2.45, 2.75) is 32.6 Å². The first kappa shape index (κ1) is 14.1. The van der Waals surface area contributed by atoms with Crippen LogP contribution in [-0.4, -0.2) is 19.3 Å². The maximum Gasteiger partial charge on any atom is 0.132 e. The number of nitrogens with zero attached hydrogens (tertiary/aromatic N) is 4. The molecule has 3 aromatic rings. The van der Waals surface area contributed by atoms with Crippen molar-refractivity contribution < 1.29 is 0 Å². The van der Waals surface area contributed by atoms with E-state index in [9.17, 15) is 0 Å². The number of alkyl halides is 1. The molecule has 2 aromatic heterocycles. The van der Waals surface area contributed by atoms with Crippen LogP contribution >= 0.6 is 11.6 Å². The molecule has 0 bridgehead atoms. The van der Waals surface area contributed by atoms with E-state index < -0.39 is 0 Å². The zero-order valence-electron chi connectivity index (χ0n) is 12.8. The highest BCUT2D eigenvalue weighted by Gasteiger charge is 2.19. The van der Waals surface area contributed by atoms with Gasteiger partial charge in [0.2, 0.25) is 0 Å². The fraction of sp³-hybridized carbons (Fsp3) is 0.375. The van der Waals surface area contributed by atoms with Crippen molar-refractivity contribution in [3.05, 3.63) is 41.5 Å². The van der Waals surface area contributed by atoms with E-state index in [1.807, 2.05) is 24.9 Å². The molecule has 4 nitrogen and oxygen atoms in total. The summed E-state index contributed by atoms with van der Waals surface area (Å²) >= 11 is 6.36. The van der Waals surface area contributed by atoms with Crippen LogP contribution in [0.4, 0.5) is 0 Å². The number of rotatable bonds is 3. The van der Waals surface area contributed by atoms with E-state index in [1.54, 1.807) is 0 Å². The minimum atomic E-state index is -0.164. The summed E-state index contributed by atoms with van der Waals surface area (Å²) in [7, 11) is 1.94. The van der Waals surface area contributed by atoms with E-state index in [1.165, 1.54) is 5.56 Å². The summed E-state index contributed by atoms with van der Waals surface area (Å²) in [5.41, 5.74) is 5.36. The number of aromatic nitrogens is 4. The van der Waals surface area contributed by atoms with Crippen LogP contribution in [-0.2, 0) is 13.5 Å². The van der Waals surface area contributed by atoms with Crippen molar-refractivity contribution in [1.82, 2.24) is 19.3 Å². The van der Waals surface area contributed by atoms with Crippen LogP contribution in [0.5, 0.6) is 0 Å². The highest BCUT2D eigenvalue weighted by molar-refractivity contribution is 6.20. The first-order valence-corrected chi connectivity index (χ1v) is 7.61. The number of fused-ring (bicyclic) bond motifs is 1. The first-order valence-electron chi connectivity index (χ1n) is 7.17. The van der Waals surface area contributed by atoms with Gasteiger partial charge in [-0.15, -0.1) is 11.6 Å². The third-order valence-corrected chi connectivity index (χ3v) is 3.85. The Morgan fingerprint density at radius 2 is 2.10 bits per heavy atom. The number of hydrogen-bond acceptors (Lipinski definition) is 2. The van der Waals surface area contributed by atoms with Gasteiger partial charge in [0.1, 0.15) is 5.82 Å². The number of aryl methyl sites for hydroxylation is 3. The summed E-state index contributed by atoms with van der Waals surface area (Å²) in [5.74, 6) is 0.861. The van der Waals surface area contributed by atoms with Gasteiger partial charge in [0.25, 0.3) is 0 Å². The molecule has 1 unspecified atom stereocenters. The summed E-state index contributed by atoms with van der Waals surface area (Å²) in [6.07, 6.45) is 2.90. The van der Waals surface area contributed by atoms with Gasteiger partial charge in [-0.2, -0.15) is 5.10 Å². The molecule has 1 atom stereocenters. The van der Waals surface area contributed by atoms with Gasteiger partial charge in [0, 0.05) is 13.2 Å². The molecule has 0 saturated heterocycles. The molecule has 3 rings (SSSR count). The van der Waals surface area contributed by atoms with E-state index in [0.717, 1.165) is 34.7 Å². The monoisotopic (exact) mass is 302 g/mol. The van der Waals surface area contributed by atoms with Gasteiger partial charge in [0.05, 0.1) is 27.8 Å². The summed E-state index contributed by atoms with van der Waals surface area (Å²) in [5, 5.41) is 4.37. The number of hydrogen-bond donors (Lipinski definition) is 0. The van der Waals surface area contributed by atoms with Crippen molar-refractivity contribution in [3.8, 4) is 5.69 Å². The molecule has 0 saturated carbocycles. The molecule has 0 N–H and O–H groups in total. The largest absolute Gasteiger partial charge is 0.292 e. The third kappa shape index (κ3) is 2.33. The standard InChI is InChI=1S/C16H19ClN4/c1-5-12-15(9-20(4)19-12)21-14-7-6-10(2)8-13(14)18-16(21)11(3)17/h6-9,11H,5H2,1-4H3. The van der Waals surface area contributed by atoms with Gasteiger partial charge in [-0.1, -0.05) is 13.0 Å². The first-order chi connectivity index (χ1) is 10.0. The molecule has 21 heavy (non-hydrogen) atoms. The molecule has 5 heteroatoms. The van der Waals surface area contributed by atoms with E-state index in [2.05, 4.69) is 41.7 Å². The summed E-state index contributed by atoms with van der Waals surface area (Å²) in [4.78, 5) is 4.73. The van der Waals surface area contributed by atoms with Crippen LogP contribution in [0.15, 0.2) is 24.4 Å². The quantitative estimate of drug-likeness (QED) is 0.687. The second-order valence-electron chi connectivity index (χ2n) is 5.40. The van der Waals surface area contributed by atoms with Crippen molar-refractivity contribution in [1.29, 1.82) is 0 Å². The van der Waals surface area contributed by atoms with Gasteiger partial charge in [-0.25, -0.2) is 4.98 Å². The fourth-order valence-electron chi connectivity index (χ4n) is 2.69. The van der Waals surface area contributed by atoms with E-state index in [-0.39, 0.29) is 5.38 Å². The average Bonchev–Trinajstić information content (AvgIpc) is 2.97. The highest BCUT2D eigenvalue weighted by atomic mass is 35.5. The van der Waals surface area contributed by atoms with E-state index in [0.29, 0.717) is 0 Å². The predicted octanol–water partition coefficient (Wildman–Crippen LogP) is 3.93. The topological polar surface area (TPSA) is 35.6 Å². The van der Waals surface area contributed by atoms with Crippen LogP contribution in [0.1, 0.15) is 36.3 Å². The van der Waals surface area contributed by atoms with Crippen molar-refractivity contribution in [2.75, 3.05) is 0 Å². The highest BCUT2D eigenvalue weighted by Crippen LogP contribution is 2.30. The van der Waals surface area contributed by atoms with Crippen LogP contribution in [0.25, 0.3) is 16.7 Å². The molecule has 0 aliphatic carbocycles. The Kier molecular flexibility index (Phi) is 3.49. The molecule has 1 aromatic carbocycles. The lowest BCUT2D eigenvalue weighted by Gasteiger charge is -2.10. The fourth-order valence-corrected chi connectivity index (χ4v) is 2.84. The Hall–Kier alpha value is -1.81. The van der Waals surface area contributed by atoms with Crippen LogP contribution in [0.3, 0.4) is 0 Å². The van der Waals surface area contributed by atoms with Crippen molar-refractivity contribution in [2.24, 2.45) is 7.05 Å². The molecule has 0 aliphatic heterocycles. The minimum Gasteiger partial charge on any atom is -0.292 e. The summed E-state index contributed by atoms with van der Waals surface area (Å²) in [6.45, 7) is 6.14. The number of imidazole rings is 1. The minimum absolute atomic E-state index is 0.164. The lowest BCUT2D eigenvalue weighted by Crippen LogP contribution is -2.03.